The lowest BCUT2D eigenvalue weighted by Gasteiger charge is -2.09. The van der Waals surface area contributed by atoms with Crippen molar-refractivity contribution in [2.24, 2.45) is 0 Å². The monoisotopic (exact) mass is 245 g/mol. The topological polar surface area (TPSA) is 98.3 Å². The second-order valence-corrected chi connectivity index (χ2v) is 3.48. The molecule has 3 N–H and O–H groups in total. The second-order valence-electron chi connectivity index (χ2n) is 3.48. The third-order valence-corrected chi connectivity index (χ3v) is 2.25. The van der Waals surface area contributed by atoms with Crippen LogP contribution in [-0.2, 0) is 6.61 Å². The van der Waals surface area contributed by atoms with Crippen molar-refractivity contribution < 1.29 is 14.6 Å². The molecule has 18 heavy (non-hydrogen) atoms. The van der Waals surface area contributed by atoms with Crippen molar-refractivity contribution in [2.45, 2.75) is 6.61 Å². The highest BCUT2D eigenvalue weighted by molar-refractivity contribution is 5.96. The molecular formula is C12H11N3O3. The van der Waals surface area contributed by atoms with Crippen LogP contribution in [-0.4, -0.2) is 21.0 Å². The van der Waals surface area contributed by atoms with Gasteiger partial charge in [0.05, 0.1) is 0 Å². The Morgan fingerprint density at radius 2 is 2.00 bits per heavy atom. The van der Waals surface area contributed by atoms with Crippen LogP contribution < -0.4 is 10.5 Å². The third-order valence-electron chi connectivity index (χ3n) is 2.25. The van der Waals surface area contributed by atoms with E-state index >= 15 is 0 Å². The Morgan fingerprint density at radius 1 is 1.28 bits per heavy atom. The van der Waals surface area contributed by atoms with Crippen molar-refractivity contribution in [3.8, 4) is 5.75 Å². The lowest BCUT2D eigenvalue weighted by atomic mass is 10.1. The summed E-state index contributed by atoms with van der Waals surface area (Å²) in [6, 6.07) is 6.37. The average molecular weight is 245 g/mol. The molecule has 0 saturated carbocycles. The fourth-order valence-electron chi connectivity index (χ4n) is 1.44. The Hall–Kier alpha value is -2.63. The van der Waals surface area contributed by atoms with Gasteiger partial charge in [-0.3, -0.25) is 0 Å². The normalized spacial score (nSPS) is 10.0. The number of carboxylic acids is 1. The number of rotatable bonds is 4. The lowest BCUT2D eigenvalue weighted by Crippen LogP contribution is -2.08. The number of carboxylic acid groups (broad SMARTS) is 1. The molecule has 6 nitrogen and oxygen atoms in total. The van der Waals surface area contributed by atoms with E-state index in [9.17, 15) is 4.79 Å². The molecule has 1 heterocycles. The average Bonchev–Trinajstić information content (AvgIpc) is 2.37. The molecule has 2 rings (SSSR count). The smallest absolute Gasteiger partial charge is 0.341 e. The van der Waals surface area contributed by atoms with Gasteiger partial charge in [-0.1, -0.05) is 6.07 Å². The predicted octanol–water partition coefficient (Wildman–Crippen LogP) is 1.34. The standard InChI is InChI=1S/C12H11N3O3/c13-8-3-1-4-9(11(8)12(16)17)18-7-10-14-5-2-6-15-10/h1-6H,7,13H2,(H,16,17). The molecule has 0 aliphatic heterocycles. The van der Waals surface area contributed by atoms with Gasteiger partial charge in [-0.25, -0.2) is 14.8 Å². The highest BCUT2D eigenvalue weighted by atomic mass is 16.5. The maximum Gasteiger partial charge on any atom is 0.341 e. The molecule has 0 unspecified atom stereocenters. The number of nitrogen functional groups attached to an aromatic ring is 1. The zero-order valence-electron chi connectivity index (χ0n) is 9.41. The van der Waals surface area contributed by atoms with Crippen molar-refractivity contribution in [3.63, 3.8) is 0 Å². The summed E-state index contributed by atoms with van der Waals surface area (Å²) in [6.07, 6.45) is 3.17. The first-order valence-electron chi connectivity index (χ1n) is 5.19. The molecule has 0 saturated heterocycles. The first kappa shape index (κ1) is 11.8. The molecule has 0 spiro atoms. The van der Waals surface area contributed by atoms with E-state index in [-0.39, 0.29) is 23.6 Å². The van der Waals surface area contributed by atoms with Crippen molar-refractivity contribution in [2.75, 3.05) is 5.73 Å². The Morgan fingerprint density at radius 3 is 2.67 bits per heavy atom. The third kappa shape index (κ3) is 2.54. The van der Waals surface area contributed by atoms with Crippen LogP contribution in [0.2, 0.25) is 0 Å². The van der Waals surface area contributed by atoms with Crippen molar-refractivity contribution >= 4 is 11.7 Å². The van der Waals surface area contributed by atoms with Crippen LogP contribution in [0.15, 0.2) is 36.7 Å². The quantitative estimate of drug-likeness (QED) is 0.788. The summed E-state index contributed by atoms with van der Waals surface area (Å²) >= 11 is 0. The summed E-state index contributed by atoms with van der Waals surface area (Å²) in [5.74, 6) is -0.455. The van der Waals surface area contributed by atoms with Gasteiger partial charge in [-0.2, -0.15) is 0 Å². The fraction of sp³-hybridized carbons (Fsp3) is 0.0833. The molecule has 0 radical (unpaired) electrons. The summed E-state index contributed by atoms with van der Waals surface area (Å²) in [5.41, 5.74) is 5.71. The number of ether oxygens (including phenoxy) is 1. The molecule has 0 amide bonds. The van der Waals surface area contributed by atoms with Gasteiger partial charge >= 0.3 is 5.97 Å². The molecule has 2 aromatic rings. The van der Waals surface area contributed by atoms with Gasteiger partial charge in [0, 0.05) is 18.1 Å². The van der Waals surface area contributed by atoms with Crippen LogP contribution in [0.4, 0.5) is 5.69 Å². The van der Waals surface area contributed by atoms with Gasteiger partial charge in [0.15, 0.2) is 5.82 Å². The van der Waals surface area contributed by atoms with Crippen molar-refractivity contribution in [3.05, 3.63) is 48.0 Å². The number of nitrogens with zero attached hydrogens (tertiary/aromatic N) is 2. The summed E-state index contributed by atoms with van der Waals surface area (Å²) in [4.78, 5) is 19.0. The molecule has 0 atom stereocenters. The van der Waals surface area contributed by atoms with E-state index in [1.54, 1.807) is 30.6 Å². The summed E-state index contributed by atoms with van der Waals surface area (Å²) < 4.78 is 5.38. The van der Waals surface area contributed by atoms with E-state index in [1.807, 2.05) is 0 Å². The highest BCUT2D eigenvalue weighted by Gasteiger charge is 2.15. The molecule has 0 aliphatic rings. The minimum Gasteiger partial charge on any atom is -0.485 e. The Balaban J connectivity index is 2.20. The molecule has 0 fully saturated rings. The summed E-state index contributed by atoms with van der Waals surface area (Å²) in [7, 11) is 0. The number of hydrogen-bond donors (Lipinski definition) is 2. The number of aromatic carboxylic acids is 1. The Kier molecular flexibility index (Phi) is 3.38. The number of nitrogens with two attached hydrogens (primary N) is 1. The van der Waals surface area contributed by atoms with E-state index < -0.39 is 5.97 Å². The van der Waals surface area contributed by atoms with E-state index in [2.05, 4.69) is 9.97 Å². The van der Waals surface area contributed by atoms with Gasteiger partial charge < -0.3 is 15.6 Å². The zero-order valence-corrected chi connectivity index (χ0v) is 9.41. The molecular weight excluding hydrogens is 234 g/mol. The predicted molar refractivity (Wildman–Crippen MR) is 64.2 cm³/mol. The maximum absolute atomic E-state index is 11.1. The molecule has 92 valence electrons. The van der Waals surface area contributed by atoms with Crippen LogP contribution in [0.3, 0.4) is 0 Å². The number of anilines is 1. The zero-order chi connectivity index (χ0) is 13.0. The van der Waals surface area contributed by atoms with Crippen LogP contribution in [0.1, 0.15) is 16.2 Å². The number of aromatic nitrogens is 2. The van der Waals surface area contributed by atoms with Gasteiger partial charge in [0.1, 0.15) is 17.9 Å². The van der Waals surface area contributed by atoms with Crippen LogP contribution in [0.25, 0.3) is 0 Å². The summed E-state index contributed by atoms with van der Waals surface area (Å²) in [6.45, 7) is 0.0879. The number of benzene rings is 1. The minimum atomic E-state index is -1.13. The lowest BCUT2D eigenvalue weighted by molar-refractivity contribution is 0.0693. The van der Waals surface area contributed by atoms with Gasteiger partial charge in [0.25, 0.3) is 0 Å². The molecule has 0 bridgehead atoms. The first-order chi connectivity index (χ1) is 8.68. The summed E-state index contributed by atoms with van der Waals surface area (Å²) in [5, 5.41) is 9.05. The number of hydrogen-bond acceptors (Lipinski definition) is 5. The largest absolute Gasteiger partial charge is 0.485 e. The Bertz CT molecular complexity index is 558. The number of carbonyl (C=O) groups is 1. The molecule has 0 aliphatic carbocycles. The minimum absolute atomic E-state index is 0.0477. The van der Waals surface area contributed by atoms with E-state index in [0.717, 1.165) is 0 Å². The van der Waals surface area contributed by atoms with Gasteiger partial charge in [0.2, 0.25) is 0 Å². The first-order valence-corrected chi connectivity index (χ1v) is 5.19. The van der Waals surface area contributed by atoms with E-state index in [4.69, 9.17) is 15.6 Å². The van der Waals surface area contributed by atoms with Crippen LogP contribution >= 0.6 is 0 Å². The van der Waals surface area contributed by atoms with Crippen LogP contribution in [0, 0.1) is 0 Å². The molecule has 1 aromatic heterocycles. The van der Waals surface area contributed by atoms with Crippen molar-refractivity contribution in [1.82, 2.24) is 9.97 Å². The fourth-order valence-corrected chi connectivity index (χ4v) is 1.44. The maximum atomic E-state index is 11.1. The Labute approximate surface area is 103 Å². The van der Waals surface area contributed by atoms with Gasteiger partial charge in [-0.05, 0) is 18.2 Å². The SMILES string of the molecule is Nc1cccc(OCc2ncccn2)c1C(=O)O. The molecule has 1 aromatic carbocycles. The second kappa shape index (κ2) is 5.13. The van der Waals surface area contributed by atoms with E-state index in [1.165, 1.54) is 6.07 Å². The van der Waals surface area contributed by atoms with Gasteiger partial charge in [-0.15, -0.1) is 0 Å². The molecule has 6 heteroatoms. The highest BCUT2D eigenvalue weighted by Crippen LogP contribution is 2.24. The van der Waals surface area contributed by atoms with E-state index in [0.29, 0.717) is 5.82 Å². The van der Waals surface area contributed by atoms with Crippen LogP contribution in [0.5, 0.6) is 5.75 Å². The van der Waals surface area contributed by atoms with Crippen molar-refractivity contribution in [1.29, 1.82) is 0 Å².